The van der Waals surface area contributed by atoms with Crippen LogP contribution < -0.4 is 5.56 Å². The lowest BCUT2D eigenvalue weighted by Gasteiger charge is -2.36. The molecule has 0 saturated carbocycles. The normalized spacial score (nSPS) is 11.3. The lowest BCUT2D eigenvalue weighted by molar-refractivity contribution is 0.737. The van der Waals surface area contributed by atoms with Gasteiger partial charge >= 0.3 is 0 Å². The fraction of sp³-hybridized carbons (Fsp3) is 0.115. The van der Waals surface area contributed by atoms with Crippen molar-refractivity contribution >= 4 is 0 Å². The number of aromatic nitrogens is 1. The molecule has 1 N–H and O–H groups in total. The van der Waals surface area contributed by atoms with Crippen molar-refractivity contribution in [2.75, 3.05) is 0 Å². The molecular weight excluding hydrogens is 342 g/mol. The van der Waals surface area contributed by atoms with Crippen molar-refractivity contribution in [3.8, 4) is 0 Å². The Morgan fingerprint density at radius 3 is 1.82 bits per heavy atom. The van der Waals surface area contributed by atoms with Crippen molar-refractivity contribution in [3.63, 3.8) is 0 Å². The maximum absolute atomic E-state index is 11.8. The van der Waals surface area contributed by atoms with Crippen molar-refractivity contribution in [1.82, 2.24) is 4.98 Å². The van der Waals surface area contributed by atoms with E-state index in [-0.39, 0.29) is 5.56 Å². The predicted octanol–water partition coefficient (Wildman–Crippen LogP) is 5.32. The smallest absolute Gasteiger partial charge is 0.247 e. The summed E-state index contributed by atoms with van der Waals surface area (Å²) in [6, 6.07) is 33.3. The van der Waals surface area contributed by atoms with Gasteiger partial charge in [0, 0.05) is 12.3 Å². The lowest BCUT2D eigenvalue weighted by atomic mass is 9.65. The number of benzene rings is 3. The first-order chi connectivity index (χ1) is 13.7. The van der Waals surface area contributed by atoms with E-state index in [0.29, 0.717) is 0 Å². The molecule has 0 amide bonds. The molecule has 0 unspecified atom stereocenters. The first-order valence-electron chi connectivity index (χ1n) is 9.65. The zero-order valence-electron chi connectivity index (χ0n) is 15.9. The van der Waals surface area contributed by atoms with E-state index in [1.807, 2.05) is 24.4 Å². The first-order valence-corrected chi connectivity index (χ1v) is 9.65. The molecule has 0 saturated heterocycles. The minimum Gasteiger partial charge on any atom is -0.329 e. The third kappa shape index (κ3) is 3.07. The Kier molecular flexibility index (Phi) is 4.94. The van der Waals surface area contributed by atoms with Gasteiger partial charge in [-0.15, -0.1) is 0 Å². The summed E-state index contributed by atoms with van der Waals surface area (Å²) in [6.45, 7) is 2.17. The van der Waals surface area contributed by atoms with Crippen molar-refractivity contribution < 1.29 is 0 Å². The number of pyridine rings is 1. The van der Waals surface area contributed by atoms with Crippen LogP contribution in [0.15, 0.2) is 108 Å². The molecule has 0 aliphatic heterocycles. The van der Waals surface area contributed by atoms with E-state index in [1.165, 1.54) is 22.3 Å². The van der Waals surface area contributed by atoms with Crippen LogP contribution in [0, 0.1) is 0 Å². The number of H-pyrrole nitrogens is 1. The number of aromatic amines is 1. The van der Waals surface area contributed by atoms with E-state index in [1.54, 1.807) is 6.07 Å². The van der Waals surface area contributed by atoms with E-state index in [9.17, 15) is 4.79 Å². The second kappa shape index (κ2) is 7.69. The second-order valence-electron chi connectivity index (χ2n) is 6.98. The monoisotopic (exact) mass is 365 g/mol. The van der Waals surface area contributed by atoms with Crippen molar-refractivity contribution in [2.45, 2.75) is 18.8 Å². The zero-order valence-corrected chi connectivity index (χ0v) is 15.9. The molecule has 138 valence electrons. The topological polar surface area (TPSA) is 32.9 Å². The number of nitrogens with one attached hydrogen (secondary N) is 1. The van der Waals surface area contributed by atoms with E-state index in [0.717, 1.165) is 12.0 Å². The molecule has 1 heterocycles. The highest BCUT2D eigenvalue weighted by atomic mass is 16.1. The summed E-state index contributed by atoms with van der Waals surface area (Å²) in [5.41, 5.74) is 5.24. The Balaban J connectivity index is 2.14. The molecule has 0 spiro atoms. The van der Waals surface area contributed by atoms with E-state index >= 15 is 0 Å². The predicted molar refractivity (Wildman–Crippen MR) is 115 cm³/mol. The van der Waals surface area contributed by atoms with E-state index < -0.39 is 5.41 Å². The molecule has 2 nitrogen and oxygen atoms in total. The summed E-state index contributed by atoms with van der Waals surface area (Å²) in [6.07, 6.45) is 2.82. The molecule has 0 fully saturated rings. The third-order valence-corrected chi connectivity index (χ3v) is 5.40. The summed E-state index contributed by atoms with van der Waals surface area (Å²) >= 11 is 0. The Hall–Kier alpha value is -3.39. The molecular formula is C26H23NO. The largest absolute Gasteiger partial charge is 0.329 e. The van der Waals surface area contributed by atoms with Crippen LogP contribution in [0.4, 0.5) is 0 Å². The van der Waals surface area contributed by atoms with Gasteiger partial charge in [0.2, 0.25) is 5.56 Å². The number of aryl methyl sites for hydroxylation is 1. The standard InChI is InChI=1S/C26H23NO/c1-2-20-10-9-15-23(18-20)26(21-11-5-3-6-12-21,22-13-7-4-8-14-22)24-16-17-25(28)27-19-24/h3-19H,2H2,1H3,(H,27,28). The molecule has 28 heavy (non-hydrogen) atoms. The Morgan fingerprint density at radius 2 is 1.29 bits per heavy atom. The van der Waals surface area contributed by atoms with Crippen LogP contribution in [-0.2, 0) is 11.8 Å². The highest BCUT2D eigenvalue weighted by Crippen LogP contribution is 2.44. The van der Waals surface area contributed by atoms with E-state index in [2.05, 4.69) is 84.7 Å². The molecule has 0 radical (unpaired) electrons. The van der Waals surface area contributed by atoms with Crippen molar-refractivity contribution in [3.05, 3.63) is 141 Å². The molecule has 0 atom stereocenters. The van der Waals surface area contributed by atoms with Crippen LogP contribution in [0.2, 0.25) is 0 Å². The minimum absolute atomic E-state index is 0.0962. The molecule has 1 aromatic heterocycles. The Labute approximate surface area is 165 Å². The summed E-state index contributed by atoms with van der Waals surface area (Å²) in [4.78, 5) is 14.7. The minimum atomic E-state index is -0.516. The lowest BCUT2D eigenvalue weighted by Crippen LogP contribution is -2.31. The van der Waals surface area contributed by atoms with Crippen LogP contribution in [0.5, 0.6) is 0 Å². The molecule has 2 heteroatoms. The van der Waals surface area contributed by atoms with Gasteiger partial charge in [-0.25, -0.2) is 0 Å². The Bertz CT molecular complexity index is 1050. The fourth-order valence-electron chi connectivity index (χ4n) is 4.04. The molecule has 0 aliphatic carbocycles. The van der Waals surface area contributed by atoms with Crippen molar-refractivity contribution in [1.29, 1.82) is 0 Å². The van der Waals surface area contributed by atoms with Gasteiger partial charge in [-0.2, -0.15) is 0 Å². The number of rotatable bonds is 5. The summed E-state index contributed by atoms with van der Waals surface area (Å²) < 4.78 is 0. The summed E-state index contributed by atoms with van der Waals surface area (Å²) in [5.74, 6) is 0. The van der Waals surface area contributed by atoms with Gasteiger partial charge in [-0.05, 0) is 34.2 Å². The van der Waals surface area contributed by atoms with Crippen LogP contribution in [0.1, 0.15) is 34.7 Å². The zero-order chi connectivity index (χ0) is 19.4. The molecule has 4 aromatic rings. The molecule has 4 rings (SSSR count). The van der Waals surface area contributed by atoms with E-state index in [4.69, 9.17) is 0 Å². The molecule has 0 aliphatic rings. The summed E-state index contributed by atoms with van der Waals surface area (Å²) in [5, 5.41) is 0. The van der Waals surface area contributed by atoms with Crippen LogP contribution in [0.25, 0.3) is 0 Å². The van der Waals surface area contributed by atoms with Gasteiger partial charge in [0.05, 0.1) is 5.41 Å². The number of hydrogen-bond acceptors (Lipinski definition) is 1. The van der Waals surface area contributed by atoms with Gasteiger partial charge in [0.1, 0.15) is 0 Å². The van der Waals surface area contributed by atoms with Gasteiger partial charge in [-0.1, -0.05) is 97.9 Å². The average molecular weight is 365 g/mol. The highest BCUT2D eigenvalue weighted by Gasteiger charge is 2.38. The maximum atomic E-state index is 11.8. The van der Waals surface area contributed by atoms with Gasteiger partial charge in [-0.3, -0.25) is 4.79 Å². The van der Waals surface area contributed by atoms with Gasteiger partial charge in [0.15, 0.2) is 0 Å². The van der Waals surface area contributed by atoms with Crippen LogP contribution >= 0.6 is 0 Å². The van der Waals surface area contributed by atoms with Crippen molar-refractivity contribution in [2.24, 2.45) is 0 Å². The molecule has 3 aromatic carbocycles. The number of hydrogen-bond donors (Lipinski definition) is 1. The SMILES string of the molecule is CCc1cccc(C(c2ccccc2)(c2ccccc2)c2ccc(=O)[nH]c2)c1. The van der Waals surface area contributed by atoms with Gasteiger partial charge in [0.25, 0.3) is 0 Å². The van der Waals surface area contributed by atoms with Crippen LogP contribution in [0.3, 0.4) is 0 Å². The average Bonchev–Trinajstić information content (AvgIpc) is 2.77. The first kappa shape index (κ1) is 18.0. The Morgan fingerprint density at radius 1 is 0.679 bits per heavy atom. The molecule has 0 bridgehead atoms. The fourth-order valence-corrected chi connectivity index (χ4v) is 4.04. The van der Waals surface area contributed by atoms with Crippen LogP contribution in [-0.4, -0.2) is 4.98 Å². The quantitative estimate of drug-likeness (QED) is 0.477. The second-order valence-corrected chi connectivity index (χ2v) is 6.98. The maximum Gasteiger partial charge on any atom is 0.247 e. The van der Waals surface area contributed by atoms with Gasteiger partial charge < -0.3 is 4.98 Å². The summed E-state index contributed by atoms with van der Waals surface area (Å²) in [7, 11) is 0. The third-order valence-electron chi connectivity index (χ3n) is 5.40. The highest BCUT2D eigenvalue weighted by molar-refractivity contribution is 5.59.